The number of aromatic nitrogens is 1. The molecule has 0 fully saturated rings. The molecule has 1 unspecified atom stereocenters. The molecule has 1 aromatic heterocycles. The summed E-state index contributed by atoms with van der Waals surface area (Å²) in [5, 5.41) is 7.64. The number of amides is 2. The first-order valence-electron chi connectivity index (χ1n) is 10.2. The Morgan fingerprint density at radius 1 is 1.19 bits per heavy atom. The number of thioether (sulfide) groups is 1. The van der Waals surface area contributed by atoms with Gasteiger partial charge in [-0.05, 0) is 42.8 Å². The van der Waals surface area contributed by atoms with Gasteiger partial charge in [-0.25, -0.2) is 4.98 Å². The molecular formula is C23H23N3O3S2. The number of nitrogens with one attached hydrogen (secondary N) is 2. The Kier molecular flexibility index (Phi) is 6.89. The van der Waals surface area contributed by atoms with Crippen LogP contribution in [0.15, 0.2) is 58.8 Å². The fourth-order valence-corrected chi connectivity index (χ4v) is 4.93. The van der Waals surface area contributed by atoms with E-state index in [2.05, 4.69) is 22.5 Å². The molecule has 31 heavy (non-hydrogen) atoms. The molecule has 0 radical (unpaired) electrons. The quantitative estimate of drug-likeness (QED) is 0.445. The molecule has 2 N–H and O–H groups in total. The van der Waals surface area contributed by atoms with E-state index in [0.29, 0.717) is 11.7 Å². The number of thiazole rings is 1. The summed E-state index contributed by atoms with van der Waals surface area (Å²) in [7, 11) is 0. The molecule has 160 valence electrons. The van der Waals surface area contributed by atoms with Crippen molar-refractivity contribution in [1.29, 1.82) is 0 Å². The van der Waals surface area contributed by atoms with Gasteiger partial charge in [0.25, 0.3) is 0 Å². The van der Waals surface area contributed by atoms with Crippen molar-refractivity contribution >= 4 is 45.7 Å². The van der Waals surface area contributed by atoms with E-state index in [4.69, 9.17) is 4.74 Å². The first kappa shape index (κ1) is 21.4. The normalized spacial score (nSPS) is 15.1. The van der Waals surface area contributed by atoms with Crippen molar-refractivity contribution in [3.63, 3.8) is 0 Å². The van der Waals surface area contributed by atoms with Crippen LogP contribution in [0.5, 0.6) is 5.75 Å². The molecule has 0 saturated heterocycles. The molecule has 0 saturated carbocycles. The molecule has 0 aliphatic carbocycles. The predicted octanol–water partition coefficient (Wildman–Crippen LogP) is 5.43. The Balaban J connectivity index is 1.33. The number of hydrogen-bond acceptors (Lipinski definition) is 6. The summed E-state index contributed by atoms with van der Waals surface area (Å²) in [6.07, 6.45) is 2.22. The van der Waals surface area contributed by atoms with Crippen molar-refractivity contribution in [2.24, 2.45) is 0 Å². The van der Waals surface area contributed by atoms with Crippen LogP contribution in [-0.2, 0) is 9.59 Å². The van der Waals surface area contributed by atoms with Gasteiger partial charge in [-0.15, -0.1) is 23.1 Å². The van der Waals surface area contributed by atoms with E-state index in [0.717, 1.165) is 40.4 Å². The van der Waals surface area contributed by atoms with Crippen LogP contribution in [-0.4, -0.2) is 28.7 Å². The van der Waals surface area contributed by atoms with Crippen LogP contribution in [0.3, 0.4) is 0 Å². The van der Waals surface area contributed by atoms with Crippen LogP contribution in [0, 0.1) is 0 Å². The average molecular weight is 454 g/mol. The van der Waals surface area contributed by atoms with E-state index in [1.54, 1.807) is 0 Å². The summed E-state index contributed by atoms with van der Waals surface area (Å²) < 4.78 is 5.69. The van der Waals surface area contributed by atoms with Gasteiger partial charge in [-0.1, -0.05) is 25.5 Å². The first-order valence-corrected chi connectivity index (χ1v) is 11.9. The van der Waals surface area contributed by atoms with Crippen LogP contribution in [0.2, 0.25) is 0 Å². The van der Waals surface area contributed by atoms with Gasteiger partial charge in [0, 0.05) is 22.3 Å². The maximum Gasteiger partial charge on any atom is 0.238 e. The standard InChI is InChI=1S/C23H23N3O3S2/c1-2-3-12-29-16-10-8-15(9-11-16)18-14-30-23(25-18)26-21(27)13-20-22(28)24-17-6-4-5-7-19(17)31-20/h4-11,14,20H,2-3,12-13H2,1H3,(H,24,28)(H,25,26,27). The van der Waals surface area contributed by atoms with Gasteiger partial charge in [0.2, 0.25) is 11.8 Å². The Labute approximate surface area is 189 Å². The number of fused-ring (bicyclic) bond motifs is 1. The molecule has 4 rings (SSSR count). The highest BCUT2D eigenvalue weighted by Gasteiger charge is 2.29. The van der Waals surface area contributed by atoms with E-state index < -0.39 is 5.25 Å². The van der Waals surface area contributed by atoms with E-state index in [1.807, 2.05) is 53.9 Å². The summed E-state index contributed by atoms with van der Waals surface area (Å²) in [6.45, 7) is 2.85. The zero-order valence-corrected chi connectivity index (χ0v) is 18.7. The monoisotopic (exact) mass is 453 g/mol. The zero-order chi connectivity index (χ0) is 21.6. The van der Waals surface area contributed by atoms with Gasteiger partial charge < -0.3 is 15.4 Å². The lowest BCUT2D eigenvalue weighted by Crippen LogP contribution is -2.32. The van der Waals surface area contributed by atoms with Gasteiger partial charge in [0.15, 0.2) is 5.13 Å². The summed E-state index contributed by atoms with van der Waals surface area (Å²) >= 11 is 2.78. The molecule has 6 nitrogen and oxygen atoms in total. The molecule has 1 aliphatic heterocycles. The lowest BCUT2D eigenvalue weighted by Gasteiger charge is -2.23. The van der Waals surface area contributed by atoms with Gasteiger partial charge in [-0.2, -0.15) is 0 Å². The fraction of sp³-hybridized carbons (Fsp3) is 0.261. The third-order valence-corrected chi connectivity index (χ3v) is 6.78. The number of nitrogens with zero attached hydrogens (tertiary/aromatic N) is 1. The largest absolute Gasteiger partial charge is 0.494 e. The molecular weight excluding hydrogens is 430 g/mol. The average Bonchev–Trinajstić information content (AvgIpc) is 3.23. The third kappa shape index (κ3) is 5.45. The smallest absolute Gasteiger partial charge is 0.238 e. The number of carbonyl (C=O) groups is 2. The Morgan fingerprint density at radius 2 is 2.00 bits per heavy atom. The number of benzene rings is 2. The van der Waals surface area contributed by atoms with Crippen LogP contribution in [0.4, 0.5) is 10.8 Å². The molecule has 3 aromatic rings. The molecule has 2 heterocycles. The second-order valence-corrected chi connectivity index (χ2v) is 9.21. The highest BCUT2D eigenvalue weighted by Crippen LogP contribution is 2.36. The van der Waals surface area contributed by atoms with Gasteiger partial charge in [0.1, 0.15) is 5.75 Å². The molecule has 1 aliphatic rings. The highest BCUT2D eigenvalue weighted by atomic mass is 32.2. The van der Waals surface area contributed by atoms with Crippen molar-refractivity contribution < 1.29 is 14.3 Å². The van der Waals surface area contributed by atoms with Gasteiger partial charge >= 0.3 is 0 Å². The minimum absolute atomic E-state index is 0.0868. The number of unbranched alkanes of at least 4 members (excludes halogenated alkanes) is 1. The van der Waals surface area contributed by atoms with Gasteiger partial charge in [0.05, 0.1) is 23.2 Å². The molecule has 1 atom stereocenters. The molecule has 8 heteroatoms. The van der Waals surface area contributed by atoms with Crippen LogP contribution in [0.25, 0.3) is 11.3 Å². The van der Waals surface area contributed by atoms with E-state index in [9.17, 15) is 9.59 Å². The van der Waals surface area contributed by atoms with Crippen LogP contribution >= 0.6 is 23.1 Å². The van der Waals surface area contributed by atoms with Crippen molar-refractivity contribution in [2.45, 2.75) is 36.3 Å². The maximum atomic E-state index is 12.5. The SMILES string of the molecule is CCCCOc1ccc(-c2csc(NC(=O)CC3Sc4ccccc4NC3=O)n2)cc1. The van der Waals surface area contributed by atoms with Crippen molar-refractivity contribution in [3.05, 3.63) is 53.9 Å². The lowest BCUT2D eigenvalue weighted by atomic mass is 10.2. The fourth-order valence-electron chi connectivity index (χ4n) is 3.09. The summed E-state index contributed by atoms with van der Waals surface area (Å²) in [6, 6.07) is 15.4. The molecule has 2 amide bonds. The first-order chi connectivity index (χ1) is 15.1. The minimum Gasteiger partial charge on any atom is -0.494 e. The number of ether oxygens (including phenoxy) is 1. The Morgan fingerprint density at radius 3 is 2.81 bits per heavy atom. The molecule has 0 bridgehead atoms. The third-order valence-electron chi connectivity index (χ3n) is 4.74. The van der Waals surface area contributed by atoms with Crippen LogP contribution < -0.4 is 15.4 Å². The van der Waals surface area contributed by atoms with Crippen LogP contribution in [0.1, 0.15) is 26.2 Å². The summed E-state index contributed by atoms with van der Waals surface area (Å²) in [5.74, 6) is 0.457. The molecule has 0 spiro atoms. The second kappa shape index (κ2) is 9.98. The van der Waals surface area contributed by atoms with Gasteiger partial charge in [-0.3, -0.25) is 9.59 Å². The van der Waals surface area contributed by atoms with E-state index in [-0.39, 0.29) is 18.2 Å². The number of anilines is 2. The minimum atomic E-state index is -0.463. The number of rotatable bonds is 8. The number of para-hydroxylation sites is 1. The summed E-state index contributed by atoms with van der Waals surface area (Å²) in [5.41, 5.74) is 2.54. The number of hydrogen-bond donors (Lipinski definition) is 2. The predicted molar refractivity (Wildman–Crippen MR) is 126 cm³/mol. The van der Waals surface area contributed by atoms with E-state index >= 15 is 0 Å². The van der Waals surface area contributed by atoms with Crippen molar-refractivity contribution in [2.75, 3.05) is 17.2 Å². The summed E-state index contributed by atoms with van der Waals surface area (Å²) in [4.78, 5) is 30.3. The zero-order valence-electron chi connectivity index (χ0n) is 17.1. The van der Waals surface area contributed by atoms with E-state index in [1.165, 1.54) is 23.1 Å². The highest BCUT2D eigenvalue weighted by molar-refractivity contribution is 8.01. The second-order valence-electron chi connectivity index (χ2n) is 7.11. The number of carbonyl (C=O) groups excluding carboxylic acids is 2. The Hall–Kier alpha value is -2.84. The lowest BCUT2D eigenvalue weighted by molar-refractivity contribution is -0.120. The molecule has 2 aromatic carbocycles. The van der Waals surface area contributed by atoms with Crippen molar-refractivity contribution in [3.8, 4) is 17.0 Å². The maximum absolute atomic E-state index is 12.5. The Bertz CT molecular complexity index is 1070. The van der Waals surface area contributed by atoms with Crippen molar-refractivity contribution in [1.82, 2.24) is 4.98 Å². The topological polar surface area (TPSA) is 80.3 Å².